The number of amides is 1. The monoisotopic (exact) mass is 208 g/mol. The third-order valence-electron chi connectivity index (χ3n) is 1.96. The molecule has 1 atom stereocenters. The Morgan fingerprint density at radius 1 is 1.53 bits per heavy atom. The van der Waals surface area contributed by atoms with Crippen LogP contribution >= 0.6 is 0 Å². The number of nitro groups is 1. The van der Waals surface area contributed by atoms with Crippen LogP contribution in [0.3, 0.4) is 0 Å². The van der Waals surface area contributed by atoms with Crippen LogP contribution in [-0.2, 0) is 4.79 Å². The first-order valence-corrected chi connectivity index (χ1v) is 4.64. The van der Waals surface area contributed by atoms with E-state index in [1.54, 1.807) is 31.2 Å². The van der Waals surface area contributed by atoms with E-state index in [0.29, 0.717) is 6.42 Å². The highest BCUT2D eigenvalue weighted by atomic mass is 16.6. The smallest absolute Gasteiger partial charge is 0.272 e. The highest BCUT2D eigenvalue weighted by Crippen LogP contribution is 2.09. The second-order valence-corrected chi connectivity index (χ2v) is 3.02. The zero-order chi connectivity index (χ0) is 11.3. The maximum Gasteiger partial charge on any atom is 0.272 e. The summed E-state index contributed by atoms with van der Waals surface area (Å²) in [6.45, 7) is 1.70. The molecule has 1 unspecified atom stereocenters. The number of nitrogens with zero attached hydrogens (tertiary/aromatic N) is 1. The van der Waals surface area contributed by atoms with Crippen molar-refractivity contribution >= 4 is 5.91 Å². The summed E-state index contributed by atoms with van der Waals surface area (Å²) in [5.74, 6) is -0.209. The average Bonchev–Trinajstić information content (AvgIpc) is 2.43. The molecule has 5 heteroatoms. The molecule has 0 spiro atoms. The van der Waals surface area contributed by atoms with Crippen molar-refractivity contribution in [2.75, 3.05) is 0 Å². The molecule has 0 aliphatic heterocycles. The van der Waals surface area contributed by atoms with Crippen LogP contribution in [-0.4, -0.2) is 16.9 Å². The van der Waals surface area contributed by atoms with Crippen molar-refractivity contribution in [2.45, 2.75) is 19.4 Å². The van der Waals surface area contributed by atoms with Crippen LogP contribution in [0.25, 0.3) is 0 Å². The summed E-state index contributed by atoms with van der Waals surface area (Å²) in [6, 6.07) is -0.651. The maximum atomic E-state index is 11.1. The molecule has 0 aromatic carbocycles. The quantitative estimate of drug-likeness (QED) is 0.559. The Morgan fingerprint density at radius 2 is 2.27 bits per heavy atom. The normalized spacial score (nSPS) is 19.3. The molecule has 0 aromatic heterocycles. The van der Waals surface area contributed by atoms with Gasteiger partial charge in [-0.3, -0.25) is 14.9 Å². The van der Waals surface area contributed by atoms with Crippen molar-refractivity contribution in [3.8, 4) is 0 Å². The van der Waals surface area contributed by atoms with Crippen LogP contribution in [0.15, 0.2) is 36.1 Å². The van der Waals surface area contributed by atoms with E-state index < -0.39 is 11.0 Å². The zero-order valence-electron chi connectivity index (χ0n) is 8.34. The predicted molar refractivity (Wildman–Crippen MR) is 55.6 cm³/mol. The van der Waals surface area contributed by atoms with Crippen molar-refractivity contribution in [1.29, 1.82) is 0 Å². The molecule has 0 radical (unpaired) electrons. The Bertz CT molecular complexity index is 356. The summed E-state index contributed by atoms with van der Waals surface area (Å²) in [6.07, 6.45) is 8.22. The standard InChI is InChI=1S/C10H12N2O3/c1-2-10(13)11-8-6-4-3-5-7-9(8)12(14)15/h3-8H,2H2,1H3,(H,11,13). The first-order chi connectivity index (χ1) is 7.15. The topological polar surface area (TPSA) is 72.2 Å². The fourth-order valence-electron chi connectivity index (χ4n) is 1.17. The Balaban J connectivity index is 2.84. The van der Waals surface area contributed by atoms with Gasteiger partial charge in [0.2, 0.25) is 5.91 Å². The second kappa shape index (κ2) is 5.09. The molecule has 0 heterocycles. The number of rotatable bonds is 3. The summed E-state index contributed by atoms with van der Waals surface area (Å²) >= 11 is 0. The van der Waals surface area contributed by atoms with Crippen LogP contribution in [0.4, 0.5) is 0 Å². The van der Waals surface area contributed by atoms with Crippen molar-refractivity contribution < 1.29 is 9.72 Å². The van der Waals surface area contributed by atoms with Gasteiger partial charge in [0, 0.05) is 12.5 Å². The Morgan fingerprint density at radius 3 is 2.87 bits per heavy atom. The van der Waals surface area contributed by atoms with Crippen LogP contribution in [0, 0.1) is 10.1 Å². The average molecular weight is 208 g/mol. The zero-order valence-corrected chi connectivity index (χ0v) is 8.34. The minimum Gasteiger partial charge on any atom is -0.340 e. The summed E-state index contributed by atoms with van der Waals surface area (Å²) < 4.78 is 0. The molecular formula is C10H12N2O3. The minimum absolute atomic E-state index is 0.0261. The highest BCUT2D eigenvalue weighted by molar-refractivity contribution is 5.76. The van der Waals surface area contributed by atoms with Gasteiger partial charge in [-0.2, -0.15) is 0 Å². The number of nitrogens with one attached hydrogen (secondary N) is 1. The van der Waals surface area contributed by atoms with Crippen molar-refractivity contribution in [1.82, 2.24) is 5.32 Å². The molecule has 0 bridgehead atoms. The van der Waals surface area contributed by atoms with E-state index in [2.05, 4.69) is 5.32 Å². The molecule has 0 aromatic rings. The van der Waals surface area contributed by atoms with E-state index in [-0.39, 0.29) is 11.6 Å². The van der Waals surface area contributed by atoms with Gasteiger partial charge < -0.3 is 5.32 Å². The third-order valence-corrected chi connectivity index (χ3v) is 1.96. The van der Waals surface area contributed by atoms with Gasteiger partial charge in [-0.25, -0.2) is 0 Å². The lowest BCUT2D eigenvalue weighted by Crippen LogP contribution is -2.36. The molecule has 0 fully saturated rings. The number of hydrogen-bond acceptors (Lipinski definition) is 3. The summed E-state index contributed by atoms with van der Waals surface area (Å²) in [5.41, 5.74) is -0.0261. The lowest BCUT2D eigenvalue weighted by Gasteiger charge is -2.10. The van der Waals surface area contributed by atoms with E-state index in [0.717, 1.165) is 0 Å². The Labute approximate surface area is 87.3 Å². The van der Waals surface area contributed by atoms with E-state index in [9.17, 15) is 14.9 Å². The molecule has 80 valence electrons. The second-order valence-electron chi connectivity index (χ2n) is 3.02. The summed E-state index contributed by atoms with van der Waals surface area (Å²) in [7, 11) is 0. The number of carbonyl (C=O) groups is 1. The molecule has 1 N–H and O–H groups in total. The van der Waals surface area contributed by atoms with Crippen LogP contribution in [0.5, 0.6) is 0 Å². The van der Waals surface area contributed by atoms with Gasteiger partial charge >= 0.3 is 0 Å². The third kappa shape index (κ3) is 3.05. The molecule has 1 rings (SSSR count). The van der Waals surface area contributed by atoms with Crippen LogP contribution in [0.1, 0.15) is 13.3 Å². The van der Waals surface area contributed by atoms with Gasteiger partial charge in [-0.15, -0.1) is 0 Å². The van der Waals surface area contributed by atoms with Gasteiger partial charge in [0.1, 0.15) is 6.04 Å². The summed E-state index contributed by atoms with van der Waals surface area (Å²) in [5, 5.41) is 13.3. The molecule has 5 nitrogen and oxygen atoms in total. The Kier molecular flexibility index (Phi) is 3.79. The van der Waals surface area contributed by atoms with Gasteiger partial charge in [-0.05, 0) is 0 Å². The highest BCUT2D eigenvalue weighted by Gasteiger charge is 2.23. The summed E-state index contributed by atoms with van der Waals surface area (Å²) in [4.78, 5) is 21.4. The molecule has 0 saturated heterocycles. The molecule has 1 aliphatic rings. The SMILES string of the molecule is CCC(=O)NC1C=CC=CC=C1[N+](=O)[O-]. The fourth-order valence-corrected chi connectivity index (χ4v) is 1.17. The number of allylic oxidation sites excluding steroid dienone is 4. The molecule has 1 aliphatic carbocycles. The van der Waals surface area contributed by atoms with E-state index in [1.165, 1.54) is 6.08 Å². The van der Waals surface area contributed by atoms with Crippen molar-refractivity contribution in [3.05, 3.63) is 46.2 Å². The first-order valence-electron chi connectivity index (χ1n) is 4.64. The van der Waals surface area contributed by atoms with Crippen LogP contribution in [0.2, 0.25) is 0 Å². The Hall–Kier alpha value is -1.91. The fraction of sp³-hybridized carbons (Fsp3) is 0.300. The lowest BCUT2D eigenvalue weighted by molar-refractivity contribution is -0.428. The van der Waals surface area contributed by atoms with E-state index in [1.807, 2.05) is 0 Å². The van der Waals surface area contributed by atoms with Gasteiger partial charge in [0.25, 0.3) is 5.70 Å². The largest absolute Gasteiger partial charge is 0.340 e. The number of hydrogen-bond donors (Lipinski definition) is 1. The van der Waals surface area contributed by atoms with E-state index >= 15 is 0 Å². The van der Waals surface area contributed by atoms with Gasteiger partial charge in [0.15, 0.2) is 0 Å². The minimum atomic E-state index is -0.651. The van der Waals surface area contributed by atoms with E-state index in [4.69, 9.17) is 0 Å². The van der Waals surface area contributed by atoms with Crippen molar-refractivity contribution in [3.63, 3.8) is 0 Å². The van der Waals surface area contributed by atoms with Crippen molar-refractivity contribution in [2.24, 2.45) is 0 Å². The molecule has 15 heavy (non-hydrogen) atoms. The maximum absolute atomic E-state index is 11.1. The molecular weight excluding hydrogens is 196 g/mol. The predicted octanol–water partition coefficient (Wildman–Crippen LogP) is 1.17. The number of carbonyl (C=O) groups excluding carboxylic acids is 1. The first kappa shape index (κ1) is 11.2. The van der Waals surface area contributed by atoms with Gasteiger partial charge in [0.05, 0.1) is 4.92 Å². The lowest BCUT2D eigenvalue weighted by atomic mass is 10.2. The van der Waals surface area contributed by atoms with Gasteiger partial charge in [-0.1, -0.05) is 31.2 Å². The molecule has 0 saturated carbocycles. The van der Waals surface area contributed by atoms with Crippen LogP contribution < -0.4 is 5.32 Å². The molecule has 1 amide bonds.